The van der Waals surface area contributed by atoms with Crippen LogP contribution >= 0.6 is 0 Å². The predicted octanol–water partition coefficient (Wildman–Crippen LogP) is 14.0. The molecule has 312 valence electrons. The summed E-state index contributed by atoms with van der Waals surface area (Å²) in [6, 6.07) is 67.6. The minimum Gasteiger partial charge on any atom is -0.311 e. The van der Waals surface area contributed by atoms with E-state index >= 15 is 0 Å². The Morgan fingerprint density at radius 1 is 0.379 bits per heavy atom. The van der Waals surface area contributed by atoms with Crippen molar-refractivity contribution in [3.8, 4) is 50.2 Å². The first kappa shape index (κ1) is 36.9. The highest BCUT2D eigenvalue weighted by Gasteiger charge is 2.51. The van der Waals surface area contributed by atoms with Crippen LogP contribution in [0.1, 0.15) is 74.9 Å². The van der Waals surface area contributed by atoms with Gasteiger partial charge in [-0.2, -0.15) is 0 Å². The van der Waals surface area contributed by atoms with Crippen molar-refractivity contribution in [1.29, 1.82) is 0 Å². The Kier molecular flexibility index (Phi) is 6.77. The van der Waals surface area contributed by atoms with Crippen LogP contribution in [0.2, 0.25) is 0 Å². The summed E-state index contributed by atoms with van der Waals surface area (Å²) in [5.41, 5.74) is 30.4. The van der Waals surface area contributed by atoms with Gasteiger partial charge in [0.2, 0.25) is 6.71 Å². The number of hydrogen-bond donors (Lipinski definition) is 0. The van der Waals surface area contributed by atoms with Crippen molar-refractivity contribution in [3.63, 3.8) is 0 Å². The number of rotatable bonds is 2. The van der Waals surface area contributed by atoms with Gasteiger partial charge in [-0.05, 0) is 119 Å². The molecule has 15 rings (SSSR count). The molecule has 0 unspecified atom stereocenters. The van der Waals surface area contributed by atoms with Crippen molar-refractivity contribution in [3.05, 3.63) is 209 Å². The lowest BCUT2D eigenvalue weighted by Gasteiger charge is -2.42. The van der Waals surface area contributed by atoms with Crippen LogP contribution in [0.25, 0.3) is 72.0 Å². The van der Waals surface area contributed by atoms with Crippen molar-refractivity contribution >= 4 is 62.0 Å². The first-order chi connectivity index (χ1) is 32.1. The summed E-state index contributed by atoms with van der Waals surface area (Å²) >= 11 is 0. The number of hydrogen-bond acceptors (Lipinski definition) is 1. The fraction of sp³-hybridized carbons (Fsp3) is 0.143. The summed E-state index contributed by atoms with van der Waals surface area (Å²) in [7, 11) is 0. The lowest BCUT2D eigenvalue weighted by molar-refractivity contribution is 0.656. The maximum Gasteiger partial charge on any atom is 0.248 e. The van der Waals surface area contributed by atoms with Crippen LogP contribution in [0.5, 0.6) is 0 Å². The van der Waals surface area contributed by atoms with Gasteiger partial charge in [0, 0.05) is 44.1 Å². The van der Waals surface area contributed by atoms with E-state index in [2.05, 4.69) is 227 Å². The van der Waals surface area contributed by atoms with Gasteiger partial charge in [0.1, 0.15) is 0 Å². The number of benzene rings is 9. The lowest BCUT2D eigenvalue weighted by atomic mass is 9.36. The summed E-state index contributed by atoms with van der Waals surface area (Å²) in [5, 5.41) is 2.55. The molecule has 0 saturated carbocycles. The number of aromatic nitrogens is 1. The van der Waals surface area contributed by atoms with Crippen molar-refractivity contribution in [1.82, 2.24) is 4.57 Å². The molecule has 3 heterocycles. The molecule has 66 heavy (non-hydrogen) atoms. The van der Waals surface area contributed by atoms with Gasteiger partial charge in [-0.25, -0.2) is 0 Å². The lowest BCUT2D eigenvalue weighted by Crippen LogP contribution is -2.55. The average Bonchev–Trinajstić information content (AvgIpc) is 4.06. The average molecular weight is 843 g/mol. The van der Waals surface area contributed by atoms with E-state index in [9.17, 15) is 0 Å². The molecule has 0 N–H and O–H groups in total. The van der Waals surface area contributed by atoms with E-state index < -0.39 is 0 Å². The third kappa shape index (κ3) is 4.23. The molecule has 0 radical (unpaired) electrons. The van der Waals surface area contributed by atoms with Crippen LogP contribution < -0.4 is 21.3 Å². The van der Waals surface area contributed by atoms with E-state index in [0.717, 1.165) is 0 Å². The molecule has 1 aromatic heterocycles. The molecule has 0 spiro atoms. The second-order valence-electron chi connectivity index (χ2n) is 21.2. The zero-order valence-electron chi connectivity index (χ0n) is 38.2. The van der Waals surface area contributed by atoms with Gasteiger partial charge in [-0.15, -0.1) is 0 Å². The second-order valence-corrected chi connectivity index (χ2v) is 21.2. The molecule has 5 aliphatic rings. The molecule has 9 aromatic carbocycles. The fourth-order valence-electron chi connectivity index (χ4n) is 14.3. The van der Waals surface area contributed by atoms with Crippen LogP contribution in [0.15, 0.2) is 176 Å². The summed E-state index contributed by atoms with van der Waals surface area (Å²) in [6.45, 7) is 14.8. The Labute approximate surface area is 386 Å². The molecule has 0 atom stereocenters. The number of para-hydroxylation sites is 2. The molecule has 0 amide bonds. The van der Waals surface area contributed by atoms with Gasteiger partial charge in [0.25, 0.3) is 0 Å². The molecular formula is C63H47BN2. The van der Waals surface area contributed by atoms with Crippen LogP contribution in [0.4, 0.5) is 17.1 Å². The Morgan fingerprint density at radius 3 is 1.48 bits per heavy atom. The van der Waals surface area contributed by atoms with Gasteiger partial charge in [0.05, 0.1) is 16.7 Å². The molecule has 2 aliphatic heterocycles. The van der Waals surface area contributed by atoms with Gasteiger partial charge in [-0.1, -0.05) is 193 Å². The maximum absolute atomic E-state index is 2.77. The molecule has 0 bridgehead atoms. The molecule has 3 heteroatoms. The number of fused-ring (bicyclic) bond motifs is 19. The number of anilines is 3. The molecule has 10 aromatic rings. The minimum atomic E-state index is -0.250. The minimum absolute atomic E-state index is 0.0556. The van der Waals surface area contributed by atoms with Gasteiger partial charge in [-0.3, -0.25) is 0 Å². The summed E-state index contributed by atoms with van der Waals surface area (Å²) in [4.78, 5) is 2.77. The quantitative estimate of drug-likeness (QED) is 0.157. The normalized spacial score (nSPS) is 16.3. The molecule has 0 saturated heterocycles. The highest BCUT2D eigenvalue weighted by atomic mass is 15.2. The van der Waals surface area contributed by atoms with E-state index in [4.69, 9.17) is 0 Å². The second kappa shape index (κ2) is 12.1. The van der Waals surface area contributed by atoms with Gasteiger partial charge >= 0.3 is 0 Å². The molecular weight excluding hydrogens is 796 g/mol. The zero-order chi connectivity index (χ0) is 44.2. The largest absolute Gasteiger partial charge is 0.311 e. The van der Waals surface area contributed by atoms with E-state index in [1.807, 2.05) is 0 Å². The Hall–Kier alpha value is -7.36. The van der Waals surface area contributed by atoms with Crippen molar-refractivity contribution in [2.45, 2.75) is 57.8 Å². The SMILES string of the molecule is CC1(C)c2ccccc2-c2cccc(N3c4cc(-n5c6ccccc6c6ccccc65)cc5c4B(c4ccc6c(c4-5)C(C)(C)c4ccccc4-6)c4ccc5c(c43)C(C)(C)c3ccccc3-5)c21. The van der Waals surface area contributed by atoms with Crippen molar-refractivity contribution in [2.24, 2.45) is 0 Å². The van der Waals surface area contributed by atoms with Gasteiger partial charge < -0.3 is 9.47 Å². The predicted molar refractivity (Wildman–Crippen MR) is 278 cm³/mol. The summed E-state index contributed by atoms with van der Waals surface area (Å²) in [6.07, 6.45) is 0. The van der Waals surface area contributed by atoms with Gasteiger partial charge in [0.15, 0.2) is 0 Å². The number of nitrogens with zero attached hydrogens (tertiary/aromatic N) is 2. The summed E-state index contributed by atoms with van der Waals surface area (Å²) < 4.78 is 2.55. The Bertz CT molecular complexity index is 3820. The zero-order valence-corrected chi connectivity index (χ0v) is 38.2. The van der Waals surface area contributed by atoms with E-state index in [-0.39, 0.29) is 23.0 Å². The molecule has 2 nitrogen and oxygen atoms in total. The standard InChI is InChI=1S/C63H47BN2/c1-61(2)46-24-12-7-18-37(46)42-23-17-29-53(56(42)61)66-54-35-36(65-51-27-15-10-21-40(51)41-22-11-16-28-52(41)65)34-45-55-49(32-30-43-38-19-8-13-25-47(38)62(3,4)57(43)55)64(59(45)54)50-33-31-44-39-20-9-14-26-48(39)63(5,6)58(44)60(50)66/h7-35H,1-6H3. The van der Waals surface area contributed by atoms with Crippen LogP contribution in [0, 0.1) is 0 Å². The monoisotopic (exact) mass is 842 g/mol. The molecule has 3 aliphatic carbocycles. The third-order valence-electron chi connectivity index (χ3n) is 16.9. The summed E-state index contributed by atoms with van der Waals surface area (Å²) in [5.74, 6) is 0. The van der Waals surface area contributed by atoms with Crippen LogP contribution in [0.3, 0.4) is 0 Å². The van der Waals surface area contributed by atoms with Crippen molar-refractivity contribution in [2.75, 3.05) is 4.90 Å². The Morgan fingerprint density at radius 2 is 0.864 bits per heavy atom. The molecule has 0 fully saturated rings. The van der Waals surface area contributed by atoms with E-state index in [1.54, 1.807) is 0 Å². The van der Waals surface area contributed by atoms with E-state index in [1.165, 1.54) is 139 Å². The van der Waals surface area contributed by atoms with Crippen LogP contribution in [-0.2, 0) is 16.2 Å². The smallest absolute Gasteiger partial charge is 0.248 e. The maximum atomic E-state index is 2.77. The fourth-order valence-corrected chi connectivity index (χ4v) is 14.3. The van der Waals surface area contributed by atoms with Crippen LogP contribution in [-0.4, -0.2) is 11.3 Å². The first-order valence-electron chi connectivity index (χ1n) is 23.8. The highest BCUT2D eigenvalue weighted by Crippen LogP contribution is 2.60. The first-order valence-corrected chi connectivity index (χ1v) is 23.8. The third-order valence-corrected chi connectivity index (χ3v) is 16.9. The highest BCUT2D eigenvalue weighted by molar-refractivity contribution is 7.01. The topological polar surface area (TPSA) is 8.17 Å². The Balaban J connectivity index is 1.14. The van der Waals surface area contributed by atoms with Crippen molar-refractivity contribution < 1.29 is 0 Å². The van der Waals surface area contributed by atoms with E-state index in [0.29, 0.717) is 0 Å².